The smallest absolute Gasteiger partial charge is 0.268 e. The number of hydrogen-bond donors (Lipinski definition) is 1. The van der Waals surface area contributed by atoms with E-state index in [4.69, 9.17) is 11.6 Å². The molecule has 0 saturated carbocycles. The van der Waals surface area contributed by atoms with E-state index in [2.05, 4.69) is 10.3 Å². The van der Waals surface area contributed by atoms with Gasteiger partial charge in [0.25, 0.3) is 5.91 Å². The highest BCUT2D eigenvalue weighted by Gasteiger charge is 2.26. The van der Waals surface area contributed by atoms with E-state index in [1.54, 1.807) is 6.20 Å². The standard InChI is InChI=1S/C18H16ClN3O/c1-22-16-10-12(19)5-4-11(16)9-17(22)18(23)21-15-7-6-14-13(15)3-2-8-20-14/h2-5,8-10,15H,6-7H2,1H3,(H,21,23). The number of carbonyl (C=O) groups is 1. The molecule has 0 fully saturated rings. The van der Waals surface area contributed by atoms with Gasteiger partial charge in [0, 0.05) is 34.9 Å². The van der Waals surface area contributed by atoms with Crippen LogP contribution < -0.4 is 5.32 Å². The number of fused-ring (bicyclic) bond motifs is 2. The number of nitrogens with one attached hydrogen (secondary N) is 1. The second-order valence-electron chi connectivity index (χ2n) is 5.90. The lowest BCUT2D eigenvalue weighted by Crippen LogP contribution is -2.28. The number of pyridine rings is 1. The SMILES string of the molecule is Cn1c(C(=O)NC2CCc3ncccc32)cc2ccc(Cl)cc21. The predicted octanol–water partition coefficient (Wildman–Crippen LogP) is 3.64. The molecule has 2 aromatic heterocycles. The molecule has 1 unspecified atom stereocenters. The van der Waals surface area contributed by atoms with Crippen LogP contribution in [-0.2, 0) is 13.5 Å². The third-order valence-corrected chi connectivity index (χ3v) is 4.75. The monoisotopic (exact) mass is 325 g/mol. The first-order chi connectivity index (χ1) is 11.1. The van der Waals surface area contributed by atoms with E-state index in [0.29, 0.717) is 10.7 Å². The van der Waals surface area contributed by atoms with Gasteiger partial charge in [0.05, 0.1) is 6.04 Å². The number of aryl methyl sites for hydroxylation is 2. The van der Waals surface area contributed by atoms with E-state index < -0.39 is 0 Å². The minimum atomic E-state index is -0.0680. The molecular weight excluding hydrogens is 310 g/mol. The van der Waals surface area contributed by atoms with E-state index >= 15 is 0 Å². The molecule has 2 heterocycles. The van der Waals surface area contributed by atoms with Crippen molar-refractivity contribution < 1.29 is 4.79 Å². The van der Waals surface area contributed by atoms with Crippen LogP contribution in [0.5, 0.6) is 0 Å². The molecule has 1 N–H and O–H groups in total. The van der Waals surface area contributed by atoms with Crippen LogP contribution in [-0.4, -0.2) is 15.5 Å². The third-order valence-electron chi connectivity index (χ3n) is 4.52. The fourth-order valence-electron chi connectivity index (χ4n) is 3.32. The van der Waals surface area contributed by atoms with Crippen LogP contribution in [0.2, 0.25) is 5.02 Å². The molecule has 4 rings (SSSR count). The highest BCUT2D eigenvalue weighted by molar-refractivity contribution is 6.31. The summed E-state index contributed by atoms with van der Waals surface area (Å²) in [6.45, 7) is 0. The van der Waals surface area contributed by atoms with Gasteiger partial charge in [0.15, 0.2) is 0 Å². The lowest BCUT2D eigenvalue weighted by molar-refractivity contribution is 0.0929. The molecule has 0 aliphatic heterocycles. The van der Waals surface area contributed by atoms with Gasteiger partial charge in [-0.2, -0.15) is 0 Å². The van der Waals surface area contributed by atoms with Gasteiger partial charge in [0.2, 0.25) is 0 Å². The summed E-state index contributed by atoms with van der Waals surface area (Å²) in [5.41, 5.74) is 3.81. The molecule has 1 atom stereocenters. The van der Waals surface area contributed by atoms with Gasteiger partial charge < -0.3 is 9.88 Å². The Kier molecular flexibility index (Phi) is 3.34. The van der Waals surface area contributed by atoms with E-state index in [-0.39, 0.29) is 11.9 Å². The molecule has 1 aliphatic rings. The summed E-state index contributed by atoms with van der Waals surface area (Å²) in [6, 6.07) is 11.5. The Morgan fingerprint density at radius 2 is 2.22 bits per heavy atom. The predicted molar refractivity (Wildman–Crippen MR) is 90.7 cm³/mol. The van der Waals surface area contributed by atoms with Crippen molar-refractivity contribution in [1.82, 2.24) is 14.9 Å². The van der Waals surface area contributed by atoms with Crippen molar-refractivity contribution in [3.63, 3.8) is 0 Å². The Morgan fingerprint density at radius 1 is 1.35 bits per heavy atom. The number of rotatable bonds is 2. The van der Waals surface area contributed by atoms with Crippen LogP contribution in [0.3, 0.4) is 0 Å². The minimum absolute atomic E-state index is 0.0350. The van der Waals surface area contributed by atoms with Gasteiger partial charge in [-0.1, -0.05) is 23.7 Å². The number of nitrogens with zero attached hydrogens (tertiary/aromatic N) is 2. The zero-order chi connectivity index (χ0) is 16.0. The summed E-state index contributed by atoms with van der Waals surface area (Å²) in [7, 11) is 1.89. The molecule has 3 aromatic rings. The van der Waals surface area contributed by atoms with Gasteiger partial charge in [-0.3, -0.25) is 9.78 Å². The molecule has 1 aromatic carbocycles. The summed E-state index contributed by atoms with van der Waals surface area (Å²) < 4.78 is 1.88. The van der Waals surface area contributed by atoms with E-state index in [1.807, 2.05) is 48.0 Å². The van der Waals surface area contributed by atoms with E-state index in [9.17, 15) is 4.79 Å². The molecule has 4 nitrogen and oxygen atoms in total. The van der Waals surface area contributed by atoms with Gasteiger partial charge in [-0.25, -0.2) is 0 Å². The summed E-state index contributed by atoms with van der Waals surface area (Å²) >= 11 is 6.05. The lowest BCUT2D eigenvalue weighted by atomic mass is 10.1. The maximum absolute atomic E-state index is 12.7. The number of benzene rings is 1. The minimum Gasteiger partial charge on any atom is -0.344 e. The van der Waals surface area contributed by atoms with Crippen molar-refractivity contribution in [3.8, 4) is 0 Å². The number of halogens is 1. The summed E-state index contributed by atoms with van der Waals surface area (Å²) in [5.74, 6) is -0.0680. The maximum Gasteiger partial charge on any atom is 0.268 e. The molecule has 0 spiro atoms. The fourth-order valence-corrected chi connectivity index (χ4v) is 3.48. The number of amides is 1. The molecule has 116 valence electrons. The zero-order valence-corrected chi connectivity index (χ0v) is 13.5. The van der Waals surface area contributed by atoms with Crippen LogP contribution >= 0.6 is 11.6 Å². The number of aromatic nitrogens is 2. The Labute approximate surface area is 139 Å². The molecule has 1 amide bonds. The Bertz CT molecular complexity index is 916. The van der Waals surface area contributed by atoms with Crippen molar-refractivity contribution >= 4 is 28.4 Å². The molecule has 0 saturated heterocycles. The second kappa shape index (κ2) is 5.39. The van der Waals surface area contributed by atoms with E-state index in [0.717, 1.165) is 35.0 Å². The van der Waals surface area contributed by atoms with Crippen LogP contribution in [0.15, 0.2) is 42.6 Å². The second-order valence-corrected chi connectivity index (χ2v) is 6.33. The van der Waals surface area contributed by atoms with Crippen LogP contribution in [0.4, 0.5) is 0 Å². The molecule has 23 heavy (non-hydrogen) atoms. The lowest BCUT2D eigenvalue weighted by Gasteiger charge is -2.14. The Morgan fingerprint density at radius 3 is 3.09 bits per heavy atom. The fraction of sp³-hybridized carbons (Fsp3) is 0.222. The topological polar surface area (TPSA) is 46.9 Å². The first kappa shape index (κ1) is 14.3. The Hall–Kier alpha value is -2.33. The van der Waals surface area contributed by atoms with Gasteiger partial charge in [-0.05, 0) is 42.7 Å². The van der Waals surface area contributed by atoms with Crippen molar-refractivity contribution in [2.45, 2.75) is 18.9 Å². The molecule has 5 heteroatoms. The quantitative estimate of drug-likeness (QED) is 0.782. The highest BCUT2D eigenvalue weighted by atomic mass is 35.5. The van der Waals surface area contributed by atoms with Crippen molar-refractivity contribution in [3.05, 3.63) is 64.6 Å². The van der Waals surface area contributed by atoms with Crippen molar-refractivity contribution in [2.24, 2.45) is 7.05 Å². The van der Waals surface area contributed by atoms with Gasteiger partial charge in [-0.15, -0.1) is 0 Å². The van der Waals surface area contributed by atoms with Crippen LogP contribution in [0.1, 0.15) is 34.2 Å². The van der Waals surface area contributed by atoms with Crippen molar-refractivity contribution in [2.75, 3.05) is 0 Å². The molecular formula is C18H16ClN3O. The largest absolute Gasteiger partial charge is 0.344 e. The highest BCUT2D eigenvalue weighted by Crippen LogP contribution is 2.30. The molecule has 1 aliphatic carbocycles. The van der Waals surface area contributed by atoms with Crippen molar-refractivity contribution in [1.29, 1.82) is 0 Å². The average Bonchev–Trinajstić information content (AvgIpc) is 3.10. The van der Waals surface area contributed by atoms with E-state index in [1.165, 1.54) is 0 Å². The maximum atomic E-state index is 12.7. The first-order valence-corrected chi connectivity index (χ1v) is 8.01. The van der Waals surface area contributed by atoms with Crippen LogP contribution in [0, 0.1) is 0 Å². The number of carbonyl (C=O) groups excluding carboxylic acids is 1. The summed E-state index contributed by atoms with van der Waals surface area (Å²) in [6.07, 6.45) is 3.61. The summed E-state index contributed by atoms with van der Waals surface area (Å²) in [5, 5.41) is 4.81. The average molecular weight is 326 g/mol. The normalized spacial score (nSPS) is 16.5. The first-order valence-electron chi connectivity index (χ1n) is 7.63. The van der Waals surface area contributed by atoms with Gasteiger partial charge in [0.1, 0.15) is 5.69 Å². The van der Waals surface area contributed by atoms with Gasteiger partial charge >= 0.3 is 0 Å². The zero-order valence-electron chi connectivity index (χ0n) is 12.7. The number of hydrogen-bond acceptors (Lipinski definition) is 2. The Balaban J connectivity index is 1.64. The molecule has 0 bridgehead atoms. The molecule has 0 radical (unpaired) electrons. The summed E-state index contributed by atoms with van der Waals surface area (Å²) in [4.78, 5) is 17.1. The third kappa shape index (κ3) is 2.39. The van der Waals surface area contributed by atoms with Crippen LogP contribution in [0.25, 0.3) is 10.9 Å².